The first-order valence-electron chi connectivity index (χ1n) is 9.26. The Kier molecular flexibility index (Phi) is 6.53. The molecular weight excluding hydrogens is 394 g/mol. The maximum Gasteiger partial charge on any atom is 0.243 e. The van der Waals surface area contributed by atoms with Gasteiger partial charge in [-0.25, -0.2) is 8.42 Å². The molecule has 1 N–H and O–H groups in total. The second kappa shape index (κ2) is 8.89. The Balaban J connectivity index is 1.60. The van der Waals surface area contributed by atoms with Crippen LogP contribution in [-0.2, 0) is 10.0 Å². The Morgan fingerprint density at radius 2 is 1.79 bits per heavy atom. The molecule has 6 nitrogen and oxygen atoms in total. The number of sulfonamides is 1. The zero-order valence-corrected chi connectivity index (χ0v) is 17.7. The van der Waals surface area contributed by atoms with Gasteiger partial charge >= 0.3 is 0 Å². The van der Waals surface area contributed by atoms with Gasteiger partial charge in [-0.05, 0) is 68.0 Å². The quantitative estimate of drug-likeness (QED) is 0.752. The molecule has 0 atom stereocenters. The minimum atomic E-state index is -3.52. The van der Waals surface area contributed by atoms with E-state index < -0.39 is 10.0 Å². The summed E-state index contributed by atoms with van der Waals surface area (Å²) in [5.74, 6) is 0.666. The monoisotopic (exact) mass is 419 g/mol. The normalized spacial score (nSPS) is 15.3. The van der Waals surface area contributed by atoms with Gasteiger partial charge in [-0.1, -0.05) is 12.1 Å². The van der Waals surface area contributed by atoms with Gasteiger partial charge in [0, 0.05) is 31.9 Å². The van der Waals surface area contributed by atoms with Crippen LogP contribution in [0.1, 0.15) is 12.5 Å². The minimum Gasteiger partial charge on any atom is -0.494 e. The predicted octanol–water partition coefficient (Wildman–Crippen LogP) is 3.10. The molecule has 0 radical (unpaired) electrons. The maximum absolute atomic E-state index is 12.9. The molecule has 1 aliphatic heterocycles. The van der Waals surface area contributed by atoms with Crippen molar-refractivity contribution in [1.29, 1.82) is 0 Å². The fraction of sp³-hybridized carbons (Fsp3) is 0.350. The average molecular weight is 420 g/mol. The Morgan fingerprint density at radius 1 is 1.11 bits per heavy atom. The van der Waals surface area contributed by atoms with E-state index in [4.69, 9.17) is 17.0 Å². The van der Waals surface area contributed by atoms with E-state index in [1.54, 1.807) is 24.3 Å². The molecule has 0 spiro atoms. The van der Waals surface area contributed by atoms with Crippen molar-refractivity contribution in [1.82, 2.24) is 9.21 Å². The topological polar surface area (TPSA) is 61.9 Å². The van der Waals surface area contributed by atoms with Crippen LogP contribution in [0.3, 0.4) is 0 Å². The first-order chi connectivity index (χ1) is 13.4. The minimum absolute atomic E-state index is 0.282. The molecule has 2 aromatic carbocycles. The lowest BCUT2D eigenvalue weighted by molar-refractivity contribution is 0.268. The predicted molar refractivity (Wildman–Crippen MR) is 115 cm³/mol. The Hall–Kier alpha value is -2.16. The van der Waals surface area contributed by atoms with E-state index in [0.717, 1.165) is 11.3 Å². The number of hydrogen-bond donors (Lipinski definition) is 1. The van der Waals surface area contributed by atoms with E-state index in [1.165, 1.54) is 4.31 Å². The fourth-order valence-corrected chi connectivity index (χ4v) is 4.80. The number of nitrogens with one attached hydrogen (secondary N) is 1. The van der Waals surface area contributed by atoms with Crippen LogP contribution in [0, 0.1) is 6.92 Å². The molecule has 150 valence electrons. The molecule has 0 saturated carbocycles. The molecular formula is C20H25N3O3S2. The highest BCUT2D eigenvalue weighted by Crippen LogP contribution is 2.21. The molecule has 0 aromatic heterocycles. The van der Waals surface area contributed by atoms with E-state index >= 15 is 0 Å². The molecule has 2 aromatic rings. The third kappa shape index (κ3) is 4.81. The molecule has 0 bridgehead atoms. The Bertz CT molecular complexity index is 922. The molecule has 1 fully saturated rings. The zero-order valence-electron chi connectivity index (χ0n) is 16.1. The standard InChI is InChI=1S/C20H25N3O3S2/c1-3-26-18-7-9-19(10-8-18)28(24,25)23-13-11-22(12-14-23)20(27)21-17-6-4-5-16(2)15-17/h4-10,15H,3,11-14H2,1-2H3,(H,21,27). The lowest BCUT2D eigenvalue weighted by atomic mass is 10.2. The lowest BCUT2D eigenvalue weighted by Gasteiger charge is -2.35. The van der Waals surface area contributed by atoms with Crippen LogP contribution in [-0.4, -0.2) is 55.5 Å². The van der Waals surface area contributed by atoms with Gasteiger partial charge in [0.25, 0.3) is 0 Å². The summed E-state index contributed by atoms with van der Waals surface area (Å²) in [6, 6.07) is 14.6. The lowest BCUT2D eigenvalue weighted by Crippen LogP contribution is -2.51. The summed E-state index contributed by atoms with van der Waals surface area (Å²) in [6.07, 6.45) is 0. The van der Waals surface area contributed by atoms with Crippen LogP contribution in [0.5, 0.6) is 5.75 Å². The number of piperazine rings is 1. The van der Waals surface area contributed by atoms with Gasteiger partial charge < -0.3 is 15.0 Å². The Morgan fingerprint density at radius 3 is 2.39 bits per heavy atom. The number of aryl methyl sites for hydroxylation is 1. The zero-order chi connectivity index (χ0) is 20.1. The third-order valence-electron chi connectivity index (χ3n) is 4.57. The summed E-state index contributed by atoms with van der Waals surface area (Å²) in [4.78, 5) is 2.28. The number of rotatable bonds is 5. The summed E-state index contributed by atoms with van der Waals surface area (Å²) in [6.45, 7) is 6.35. The average Bonchev–Trinajstić information content (AvgIpc) is 2.69. The van der Waals surface area contributed by atoms with Crippen LogP contribution in [0.2, 0.25) is 0 Å². The summed E-state index contributed by atoms with van der Waals surface area (Å²) >= 11 is 5.50. The van der Waals surface area contributed by atoms with Crippen LogP contribution < -0.4 is 10.1 Å². The number of anilines is 1. The summed E-state index contributed by atoms with van der Waals surface area (Å²) < 4.78 is 32.6. The van der Waals surface area contributed by atoms with Crippen molar-refractivity contribution in [2.75, 3.05) is 38.1 Å². The SMILES string of the molecule is CCOc1ccc(S(=O)(=O)N2CCN(C(=S)Nc3cccc(C)c3)CC2)cc1. The molecule has 0 unspecified atom stereocenters. The summed E-state index contributed by atoms with van der Waals surface area (Å²) in [7, 11) is -3.52. The van der Waals surface area contributed by atoms with Crippen molar-refractivity contribution in [3.63, 3.8) is 0 Å². The highest BCUT2D eigenvalue weighted by molar-refractivity contribution is 7.89. The molecule has 0 amide bonds. The highest BCUT2D eigenvalue weighted by atomic mass is 32.2. The largest absolute Gasteiger partial charge is 0.494 e. The van der Waals surface area contributed by atoms with Crippen molar-refractivity contribution in [3.05, 3.63) is 54.1 Å². The number of hydrogen-bond acceptors (Lipinski definition) is 4. The first kappa shape index (κ1) is 20.6. The summed E-state index contributed by atoms with van der Waals surface area (Å²) in [5, 5.41) is 3.85. The van der Waals surface area contributed by atoms with E-state index in [9.17, 15) is 8.42 Å². The van der Waals surface area contributed by atoms with Gasteiger partial charge in [-0.15, -0.1) is 0 Å². The second-order valence-electron chi connectivity index (χ2n) is 6.60. The van der Waals surface area contributed by atoms with Crippen LogP contribution in [0.15, 0.2) is 53.4 Å². The molecule has 3 rings (SSSR count). The van der Waals surface area contributed by atoms with Crippen molar-refractivity contribution in [2.24, 2.45) is 0 Å². The van der Waals surface area contributed by atoms with Gasteiger partial charge in [0.15, 0.2) is 5.11 Å². The third-order valence-corrected chi connectivity index (χ3v) is 6.84. The smallest absolute Gasteiger partial charge is 0.243 e. The van der Waals surface area contributed by atoms with Crippen molar-refractivity contribution >= 4 is 33.0 Å². The van der Waals surface area contributed by atoms with Crippen LogP contribution in [0.25, 0.3) is 0 Å². The molecule has 8 heteroatoms. The van der Waals surface area contributed by atoms with Gasteiger partial charge in [0.2, 0.25) is 10.0 Å². The molecule has 1 heterocycles. The maximum atomic E-state index is 12.9. The van der Waals surface area contributed by atoms with Crippen molar-refractivity contribution < 1.29 is 13.2 Å². The summed E-state index contributed by atoms with van der Waals surface area (Å²) in [5.41, 5.74) is 2.09. The second-order valence-corrected chi connectivity index (χ2v) is 8.92. The highest BCUT2D eigenvalue weighted by Gasteiger charge is 2.29. The molecule has 0 aliphatic carbocycles. The number of ether oxygens (including phenoxy) is 1. The van der Waals surface area contributed by atoms with Gasteiger partial charge in [-0.3, -0.25) is 0 Å². The molecule has 28 heavy (non-hydrogen) atoms. The number of thiocarbonyl (C=S) groups is 1. The van der Waals surface area contributed by atoms with Crippen LogP contribution in [0.4, 0.5) is 5.69 Å². The van der Waals surface area contributed by atoms with Crippen molar-refractivity contribution in [3.8, 4) is 5.75 Å². The first-order valence-corrected chi connectivity index (χ1v) is 11.1. The van der Waals surface area contributed by atoms with E-state index in [1.807, 2.05) is 43.0 Å². The van der Waals surface area contributed by atoms with E-state index in [2.05, 4.69) is 5.32 Å². The van der Waals surface area contributed by atoms with Gasteiger partial charge in [-0.2, -0.15) is 4.31 Å². The number of benzene rings is 2. The van der Waals surface area contributed by atoms with Crippen molar-refractivity contribution in [2.45, 2.75) is 18.7 Å². The van der Waals surface area contributed by atoms with Crippen LogP contribution >= 0.6 is 12.2 Å². The molecule has 1 aliphatic rings. The molecule has 1 saturated heterocycles. The van der Waals surface area contributed by atoms with Gasteiger partial charge in [0.05, 0.1) is 11.5 Å². The van der Waals surface area contributed by atoms with E-state index in [-0.39, 0.29) is 4.90 Å². The number of nitrogens with zero attached hydrogens (tertiary/aromatic N) is 2. The Labute approximate surface area is 172 Å². The van der Waals surface area contributed by atoms with Gasteiger partial charge in [0.1, 0.15) is 5.75 Å². The fourth-order valence-electron chi connectivity index (χ4n) is 3.08. The van der Waals surface area contributed by atoms with E-state index in [0.29, 0.717) is 43.6 Å².